The number of benzene rings is 1. The zero-order valence-corrected chi connectivity index (χ0v) is 12.6. The van der Waals surface area contributed by atoms with E-state index in [1.807, 2.05) is 0 Å². The van der Waals surface area contributed by atoms with Crippen molar-refractivity contribution in [1.29, 1.82) is 0 Å². The summed E-state index contributed by atoms with van der Waals surface area (Å²) >= 11 is 5.93. The van der Waals surface area contributed by atoms with Gasteiger partial charge in [0, 0.05) is 33.3 Å². The summed E-state index contributed by atoms with van der Waals surface area (Å²) in [6.45, 7) is 2.00. The number of para-hydroxylation sites is 1. The van der Waals surface area contributed by atoms with Crippen LogP contribution in [0.1, 0.15) is 10.4 Å². The van der Waals surface area contributed by atoms with E-state index in [4.69, 9.17) is 22.1 Å². The van der Waals surface area contributed by atoms with Crippen molar-refractivity contribution in [3.8, 4) is 0 Å². The molecule has 0 atom stereocenters. The van der Waals surface area contributed by atoms with E-state index >= 15 is 0 Å². The fourth-order valence-electron chi connectivity index (χ4n) is 2.27. The molecule has 0 aliphatic carbocycles. The average molecular weight is 312 g/mol. The van der Waals surface area contributed by atoms with Gasteiger partial charge in [-0.25, -0.2) is 0 Å². The largest absolute Gasteiger partial charge is 0.397 e. The van der Waals surface area contributed by atoms with E-state index in [1.165, 1.54) is 7.11 Å². The number of carbonyl (C=O) groups excluding carboxylic acids is 2. The third kappa shape index (κ3) is 3.46. The Hall–Kier alpha value is -1.79. The van der Waals surface area contributed by atoms with Crippen molar-refractivity contribution in [2.45, 2.75) is 0 Å². The number of carbonyl (C=O) groups is 2. The van der Waals surface area contributed by atoms with Crippen molar-refractivity contribution in [3.05, 3.63) is 28.8 Å². The second-order valence-corrected chi connectivity index (χ2v) is 5.21. The number of amides is 2. The first-order chi connectivity index (χ1) is 10.0. The van der Waals surface area contributed by atoms with E-state index in [0.717, 1.165) is 0 Å². The van der Waals surface area contributed by atoms with Gasteiger partial charge in [-0.1, -0.05) is 17.7 Å². The molecule has 0 saturated carbocycles. The lowest BCUT2D eigenvalue weighted by atomic mass is 10.1. The lowest BCUT2D eigenvalue weighted by Crippen LogP contribution is -2.51. The number of rotatable bonds is 3. The zero-order valence-electron chi connectivity index (χ0n) is 11.8. The number of anilines is 1. The molecule has 0 aromatic heterocycles. The van der Waals surface area contributed by atoms with Gasteiger partial charge < -0.3 is 20.3 Å². The molecule has 0 spiro atoms. The molecular formula is C14H18ClN3O3. The predicted octanol–water partition coefficient (Wildman–Crippen LogP) is 0.853. The van der Waals surface area contributed by atoms with Crippen LogP contribution in [0.5, 0.6) is 0 Å². The molecule has 114 valence electrons. The Morgan fingerprint density at radius 1 is 1.24 bits per heavy atom. The Labute approximate surface area is 128 Å². The van der Waals surface area contributed by atoms with Crippen LogP contribution in [0.2, 0.25) is 5.02 Å². The molecule has 21 heavy (non-hydrogen) atoms. The lowest BCUT2D eigenvalue weighted by molar-refractivity contribution is -0.136. The highest BCUT2D eigenvalue weighted by Gasteiger charge is 2.25. The van der Waals surface area contributed by atoms with Crippen molar-refractivity contribution in [1.82, 2.24) is 9.80 Å². The van der Waals surface area contributed by atoms with Crippen LogP contribution in [0.15, 0.2) is 18.2 Å². The number of methoxy groups -OCH3 is 1. The van der Waals surface area contributed by atoms with Crippen LogP contribution in [-0.2, 0) is 9.53 Å². The van der Waals surface area contributed by atoms with Gasteiger partial charge in [-0.05, 0) is 12.1 Å². The molecule has 1 aromatic rings. The van der Waals surface area contributed by atoms with E-state index in [0.29, 0.717) is 42.5 Å². The molecule has 0 unspecified atom stereocenters. The maximum absolute atomic E-state index is 12.4. The summed E-state index contributed by atoms with van der Waals surface area (Å²) in [6.07, 6.45) is 0. The number of nitrogens with zero attached hydrogens (tertiary/aromatic N) is 2. The number of hydrogen-bond acceptors (Lipinski definition) is 4. The smallest absolute Gasteiger partial charge is 0.256 e. The number of hydrogen-bond donors (Lipinski definition) is 1. The Morgan fingerprint density at radius 2 is 1.86 bits per heavy atom. The Balaban J connectivity index is 2.00. The minimum absolute atomic E-state index is 0.0631. The van der Waals surface area contributed by atoms with Gasteiger partial charge in [0.2, 0.25) is 5.91 Å². The van der Waals surface area contributed by atoms with Crippen LogP contribution in [0.3, 0.4) is 0 Å². The SMILES string of the molecule is COCC(=O)N1CCN(C(=O)c2cccc(Cl)c2N)CC1. The summed E-state index contributed by atoms with van der Waals surface area (Å²) in [7, 11) is 1.49. The summed E-state index contributed by atoms with van der Waals surface area (Å²) in [5.41, 5.74) is 6.54. The first kappa shape index (κ1) is 15.6. The van der Waals surface area contributed by atoms with Crippen LogP contribution < -0.4 is 5.73 Å². The molecule has 0 bridgehead atoms. The van der Waals surface area contributed by atoms with Gasteiger partial charge in [-0.15, -0.1) is 0 Å². The topological polar surface area (TPSA) is 75.9 Å². The molecule has 2 rings (SSSR count). The molecule has 1 saturated heterocycles. The first-order valence-corrected chi connectivity index (χ1v) is 7.02. The molecule has 1 heterocycles. The Kier molecular flexibility index (Phi) is 5.03. The van der Waals surface area contributed by atoms with E-state index < -0.39 is 0 Å². The van der Waals surface area contributed by atoms with E-state index in [2.05, 4.69) is 0 Å². The minimum atomic E-state index is -0.158. The minimum Gasteiger partial charge on any atom is -0.397 e. The van der Waals surface area contributed by atoms with Gasteiger partial charge in [0.25, 0.3) is 5.91 Å². The molecular weight excluding hydrogens is 294 g/mol. The van der Waals surface area contributed by atoms with Crippen LogP contribution in [0.4, 0.5) is 5.69 Å². The van der Waals surface area contributed by atoms with Crippen molar-refractivity contribution in [2.24, 2.45) is 0 Å². The molecule has 1 aliphatic heterocycles. The first-order valence-electron chi connectivity index (χ1n) is 6.64. The summed E-state index contributed by atoms with van der Waals surface area (Å²) in [4.78, 5) is 27.5. The molecule has 6 nitrogen and oxygen atoms in total. The quantitative estimate of drug-likeness (QED) is 0.840. The van der Waals surface area contributed by atoms with E-state index in [1.54, 1.807) is 28.0 Å². The molecule has 0 radical (unpaired) electrons. The standard InChI is InChI=1S/C14H18ClN3O3/c1-21-9-12(19)17-5-7-18(8-6-17)14(20)10-3-2-4-11(15)13(10)16/h2-4H,5-9,16H2,1H3. The van der Waals surface area contributed by atoms with Crippen molar-refractivity contribution in [2.75, 3.05) is 45.6 Å². The molecule has 1 fully saturated rings. The number of nitrogens with two attached hydrogens (primary N) is 1. The predicted molar refractivity (Wildman–Crippen MR) is 80.2 cm³/mol. The number of ether oxygens (including phenoxy) is 1. The summed E-state index contributed by atoms with van der Waals surface area (Å²) < 4.78 is 4.83. The second-order valence-electron chi connectivity index (χ2n) is 4.81. The van der Waals surface area contributed by atoms with Crippen molar-refractivity contribution >= 4 is 29.1 Å². The number of piperazine rings is 1. The fourth-order valence-corrected chi connectivity index (χ4v) is 2.44. The van der Waals surface area contributed by atoms with Gasteiger partial charge in [0.05, 0.1) is 16.3 Å². The molecule has 2 N–H and O–H groups in total. The maximum atomic E-state index is 12.4. The van der Waals surface area contributed by atoms with E-state index in [9.17, 15) is 9.59 Å². The van der Waals surface area contributed by atoms with E-state index in [-0.39, 0.29) is 18.4 Å². The van der Waals surface area contributed by atoms with Crippen LogP contribution >= 0.6 is 11.6 Å². The van der Waals surface area contributed by atoms with Crippen LogP contribution in [0, 0.1) is 0 Å². The summed E-state index contributed by atoms with van der Waals surface area (Å²) in [5.74, 6) is -0.222. The third-order valence-corrected chi connectivity index (χ3v) is 3.80. The van der Waals surface area contributed by atoms with Gasteiger partial charge in [0.15, 0.2) is 0 Å². The van der Waals surface area contributed by atoms with Crippen LogP contribution in [-0.4, -0.2) is 61.5 Å². The zero-order chi connectivity index (χ0) is 15.4. The Morgan fingerprint density at radius 3 is 2.48 bits per heavy atom. The fraction of sp³-hybridized carbons (Fsp3) is 0.429. The molecule has 7 heteroatoms. The normalized spacial score (nSPS) is 15.1. The Bertz CT molecular complexity index is 542. The van der Waals surface area contributed by atoms with Crippen LogP contribution in [0.25, 0.3) is 0 Å². The number of nitrogen functional groups attached to an aromatic ring is 1. The summed E-state index contributed by atoms with van der Waals surface area (Å²) in [5, 5.41) is 0.370. The van der Waals surface area contributed by atoms with Gasteiger partial charge in [-0.2, -0.15) is 0 Å². The highest BCUT2D eigenvalue weighted by molar-refractivity contribution is 6.33. The highest BCUT2D eigenvalue weighted by Crippen LogP contribution is 2.24. The van der Waals surface area contributed by atoms with Gasteiger partial charge >= 0.3 is 0 Å². The van der Waals surface area contributed by atoms with Crippen molar-refractivity contribution in [3.63, 3.8) is 0 Å². The van der Waals surface area contributed by atoms with Gasteiger partial charge in [-0.3, -0.25) is 9.59 Å². The molecule has 1 aliphatic rings. The van der Waals surface area contributed by atoms with Crippen molar-refractivity contribution < 1.29 is 14.3 Å². The third-order valence-electron chi connectivity index (χ3n) is 3.47. The molecule has 1 aromatic carbocycles. The average Bonchev–Trinajstić information content (AvgIpc) is 2.50. The number of halogens is 1. The lowest BCUT2D eigenvalue weighted by Gasteiger charge is -2.34. The second kappa shape index (κ2) is 6.78. The highest BCUT2D eigenvalue weighted by atomic mass is 35.5. The maximum Gasteiger partial charge on any atom is 0.256 e. The molecule has 2 amide bonds. The van der Waals surface area contributed by atoms with Gasteiger partial charge in [0.1, 0.15) is 6.61 Å². The monoisotopic (exact) mass is 311 g/mol. The summed E-state index contributed by atoms with van der Waals surface area (Å²) in [6, 6.07) is 5.01.